The molecule has 0 spiro atoms. The van der Waals surface area contributed by atoms with Crippen LogP contribution in [0.3, 0.4) is 0 Å². The van der Waals surface area contributed by atoms with E-state index in [2.05, 4.69) is 113 Å². The standard InChI is InChI=1S/C34H30N2/c1-2-8-24(9-3-1)10-6-22-35-30-20-16-26-15-19-29-32(21-17-27-14-18-28(30)33(26)34(27)29)36-23-7-12-25-11-4-5-13-31(25)36/h1-5,8-9,11,13-21,35H,6-7,10,12,22-23H2. The Balaban J connectivity index is 1.28. The van der Waals surface area contributed by atoms with Crippen LogP contribution in [0.25, 0.3) is 32.3 Å². The molecule has 1 aliphatic rings. The largest absolute Gasteiger partial charge is 0.385 e. The second-order valence-corrected chi connectivity index (χ2v) is 10.0. The average Bonchev–Trinajstić information content (AvgIpc) is 2.94. The zero-order valence-electron chi connectivity index (χ0n) is 20.5. The van der Waals surface area contributed by atoms with E-state index in [0.29, 0.717) is 0 Å². The molecule has 1 heterocycles. The second kappa shape index (κ2) is 8.87. The molecule has 0 radical (unpaired) electrons. The van der Waals surface area contributed by atoms with Crippen molar-refractivity contribution in [2.45, 2.75) is 25.7 Å². The summed E-state index contributed by atoms with van der Waals surface area (Å²) in [6.45, 7) is 2.03. The zero-order chi connectivity index (χ0) is 23.9. The fourth-order valence-corrected chi connectivity index (χ4v) is 6.12. The van der Waals surface area contributed by atoms with E-state index in [9.17, 15) is 0 Å². The Morgan fingerprint density at radius 1 is 0.639 bits per heavy atom. The third-order valence-corrected chi connectivity index (χ3v) is 7.84. The van der Waals surface area contributed by atoms with Crippen LogP contribution in [-0.2, 0) is 12.8 Å². The molecule has 1 aliphatic heterocycles. The maximum Gasteiger partial charge on any atom is 0.0491 e. The number of benzene rings is 6. The van der Waals surface area contributed by atoms with Gasteiger partial charge in [0, 0.05) is 40.9 Å². The van der Waals surface area contributed by atoms with Gasteiger partial charge >= 0.3 is 0 Å². The van der Waals surface area contributed by atoms with Crippen LogP contribution in [-0.4, -0.2) is 13.1 Å². The fraction of sp³-hybridized carbons (Fsp3) is 0.176. The van der Waals surface area contributed by atoms with Crippen LogP contribution in [0.4, 0.5) is 17.1 Å². The van der Waals surface area contributed by atoms with E-state index in [1.807, 2.05) is 0 Å². The van der Waals surface area contributed by atoms with Crippen LogP contribution in [0.1, 0.15) is 24.0 Å². The monoisotopic (exact) mass is 466 g/mol. The number of hydrogen-bond donors (Lipinski definition) is 1. The minimum absolute atomic E-state index is 0.967. The minimum atomic E-state index is 0.967. The van der Waals surface area contributed by atoms with Crippen LogP contribution in [0, 0.1) is 0 Å². The Bertz CT molecular complexity index is 1670. The molecule has 0 bridgehead atoms. The van der Waals surface area contributed by atoms with Gasteiger partial charge in [-0.1, -0.05) is 84.9 Å². The van der Waals surface area contributed by atoms with Crippen molar-refractivity contribution < 1.29 is 0 Å². The lowest BCUT2D eigenvalue weighted by Gasteiger charge is -2.32. The first-order valence-corrected chi connectivity index (χ1v) is 13.2. The summed E-state index contributed by atoms with van der Waals surface area (Å²) in [4.78, 5) is 2.54. The van der Waals surface area contributed by atoms with E-state index in [4.69, 9.17) is 0 Å². The SMILES string of the molecule is c1ccc(CCCNc2ccc3ccc4c(N5CCCc6ccccc65)ccc5ccc2c3c54)cc1. The lowest BCUT2D eigenvalue weighted by molar-refractivity contribution is 0.768. The smallest absolute Gasteiger partial charge is 0.0491 e. The topological polar surface area (TPSA) is 15.3 Å². The van der Waals surface area contributed by atoms with Crippen LogP contribution >= 0.6 is 0 Å². The van der Waals surface area contributed by atoms with Crippen molar-refractivity contribution in [3.8, 4) is 0 Å². The van der Waals surface area contributed by atoms with Crippen LogP contribution in [0.5, 0.6) is 0 Å². The second-order valence-electron chi connectivity index (χ2n) is 10.0. The van der Waals surface area contributed by atoms with Gasteiger partial charge < -0.3 is 10.2 Å². The van der Waals surface area contributed by atoms with Gasteiger partial charge in [-0.25, -0.2) is 0 Å². The molecule has 0 unspecified atom stereocenters. The number of para-hydroxylation sites is 1. The average molecular weight is 467 g/mol. The van der Waals surface area contributed by atoms with Gasteiger partial charge in [0.05, 0.1) is 0 Å². The van der Waals surface area contributed by atoms with Gasteiger partial charge in [0.1, 0.15) is 0 Å². The Morgan fingerprint density at radius 2 is 1.36 bits per heavy atom. The van der Waals surface area contributed by atoms with Crippen molar-refractivity contribution in [1.29, 1.82) is 0 Å². The third kappa shape index (κ3) is 3.56. The first-order valence-electron chi connectivity index (χ1n) is 13.2. The zero-order valence-corrected chi connectivity index (χ0v) is 20.5. The van der Waals surface area contributed by atoms with Gasteiger partial charge in [-0.3, -0.25) is 0 Å². The normalized spacial score (nSPS) is 13.5. The minimum Gasteiger partial charge on any atom is -0.385 e. The van der Waals surface area contributed by atoms with Crippen molar-refractivity contribution in [3.63, 3.8) is 0 Å². The summed E-state index contributed by atoms with van der Waals surface area (Å²) >= 11 is 0. The van der Waals surface area contributed by atoms with Gasteiger partial charge in [0.15, 0.2) is 0 Å². The molecule has 36 heavy (non-hydrogen) atoms. The summed E-state index contributed by atoms with van der Waals surface area (Å²) in [5.41, 5.74) is 6.78. The highest BCUT2D eigenvalue weighted by Crippen LogP contribution is 2.43. The molecule has 0 atom stereocenters. The number of nitrogens with zero attached hydrogens (tertiary/aromatic N) is 1. The van der Waals surface area contributed by atoms with E-state index in [0.717, 1.165) is 32.4 Å². The van der Waals surface area contributed by atoms with E-state index < -0.39 is 0 Å². The van der Waals surface area contributed by atoms with Crippen LogP contribution in [0.2, 0.25) is 0 Å². The van der Waals surface area contributed by atoms with Crippen molar-refractivity contribution in [1.82, 2.24) is 0 Å². The predicted octanol–water partition coefficient (Wildman–Crippen LogP) is 8.71. The Hall–Kier alpha value is -4.04. The molecule has 0 aromatic heterocycles. The Kier molecular flexibility index (Phi) is 5.24. The summed E-state index contributed by atoms with van der Waals surface area (Å²) in [6, 6.07) is 38.1. The Morgan fingerprint density at radius 3 is 2.25 bits per heavy atom. The molecule has 0 aliphatic carbocycles. The number of anilines is 3. The van der Waals surface area contributed by atoms with Gasteiger partial charge in [-0.05, 0) is 76.6 Å². The number of nitrogens with one attached hydrogen (secondary N) is 1. The number of hydrogen-bond acceptors (Lipinski definition) is 2. The number of aryl methyl sites for hydroxylation is 2. The van der Waals surface area contributed by atoms with Crippen molar-refractivity contribution in [3.05, 3.63) is 114 Å². The van der Waals surface area contributed by atoms with Gasteiger partial charge in [-0.2, -0.15) is 0 Å². The molecule has 0 fully saturated rings. The maximum atomic E-state index is 3.75. The predicted molar refractivity (Wildman–Crippen MR) is 155 cm³/mol. The quantitative estimate of drug-likeness (QED) is 0.195. The van der Waals surface area contributed by atoms with Gasteiger partial charge in [-0.15, -0.1) is 0 Å². The summed E-state index contributed by atoms with van der Waals surface area (Å²) in [7, 11) is 0. The van der Waals surface area contributed by atoms with E-state index in [1.54, 1.807) is 0 Å². The summed E-state index contributed by atoms with van der Waals surface area (Å²) in [5.74, 6) is 0. The highest BCUT2D eigenvalue weighted by molar-refractivity contribution is 6.27. The summed E-state index contributed by atoms with van der Waals surface area (Å²) in [5, 5.41) is 11.8. The van der Waals surface area contributed by atoms with E-state index in [-0.39, 0.29) is 0 Å². The molecular weight excluding hydrogens is 436 g/mol. The number of fused-ring (bicyclic) bond motifs is 1. The van der Waals surface area contributed by atoms with Crippen molar-refractivity contribution >= 4 is 49.4 Å². The van der Waals surface area contributed by atoms with Gasteiger partial charge in [0.2, 0.25) is 0 Å². The molecule has 2 nitrogen and oxygen atoms in total. The van der Waals surface area contributed by atoms with Crippen LogP contribution < -0.4 is 10.2 Å². The van der Waals surface area contributed by atoms with Crippen molar-refractivity contribution in [2.75, 3.05) is 23.3 Å². The van der Waals surface area contributed by atoms with Crippen molar-refractivity contribution in [2.24, 2.45) is 0 Å². The molecule has 0 saturated heterocycles. The molecular formula is C34H30N2. The lowest BCUT2D eigenvalue weighted by Crippen LogP contribution is -2.24. The first kappa shape index (κ1) is 21.3. The summed E-state index contributed by atoms with van der Waals surface area (Å²) < 4.78 is 0. The van der Waals surface area contributed by atoms with Gasteiger partial charge in [0.25, 0.3) is 0 Å². The molecule has 7 rings (SSSR count). The summed E-state index contributed by atoms with van der Waals surface area (Å²) in [6.07, 6.45) is 4.57. The highest BCUT2D eigenvalue weighted by atomic mass is 15.1. The molecule has 2 heteroatoms. The Labute approximate surface area is 212 Å². The highest BCUT2D eigenvalue weighted by Gasteiger charge is 2.21. The van der Waals surface area contributed by atoms with Crippen LogP contribution in [0.15, 0.2) is 103 Å². The molecule has 6 aromatic carbocycles. The molecule has 0 amide bonds. The molecule has 6 aromatic rings. The molecule has 176 valence electrons. The molecule has 0 saturated carbocycles. The van der Waals surface area contributed by atoms with E-state index in [1.165, 1.54) is 66.9 Å². The third-order valence-electron chi connectivity index (χ3n) is 7.84. The first-order chi connectivity index (χ1) is 17.9. The fourth-order valence-electron chi connectivity index (χ4n) is 6.12. The maximum absolute atomic E-state index is 3.75. The number of rotatable bonds is 6. The lowest BCUT2D eigenvalue weighted by atomic mass is 9.91. The van der Waals surface area contributed by atoms with E-state index >= 15 is 0 Å². The molecule has 1 N–H and O–H groups in total.